The van der Waals surface area contributed by atoms with Crippen LogP contribution in [0.4, 0.5) is 19.0 Å². The number of phenols is 1. The van der Waals surface area contributed by atoms with Gasteiger partial charge in [0.05, 0.1) is 11.1 Å². The molecule has 4 aliphatic heterocycles. The summed E-state index contributed by atoms with van der Waals surface area (Å²) in [6.07, 6.45) is 5.34. The van der Waals surface area contributed by atoms with Crippen molar-refractivity contribution in [1.29, 1.82) is 0 Å². The number of aromatic hydroxyl groups is 1. The fourth-order valence-electron chi connectivity index (χ4n) is 9.04. The number of nitrogens with zero attached hydrogens (tertiary/aromatic N) is 4. The number of hydrogen-bond acceptors (Lipinski definition) is 7. The van der Waals surface area contributed by atoms with Gasteiger partial charge in [0.2, 0.25) is 0 Å². The largest absolute Gasteiger partial charge is 0.508 e. The summed E-state index contributed by atoms with van der Waals surface area (Å²) >= 11 is 0. The normalized spacial score (nSPS) is 29.3. The third-order valence-electron chi connectivity index (χ3n) is 11.2. The summed E-state index contributed by atoms with van der Waals surface area (Å²) in [5.74, 6) is -0.833. The molecule has 240 valence electrons. The topological polar surface area (TPSA) is 73.8 Å². The molecule has 7 nitrogen and oxygen atoms in total. The van der Waals surface area contributed by atoms with Gasteiger partial charge >= 0.3 is 6.01 Å². The van der Waals surface area contributed by atoms with Crippen LogP contribution in [0.1, 0.15) is 63.4 Å². The number of rotatable bonds is 6. The highest BCUT2D eigenvalue weighted by molar-refractivity contribution is 6.03. The van der Waals surface area contributed by atoms with Crippen molar-refractivity contribution in [2.75, 3.05) is 37.7 Å². The Morgan fingerprint density at radius 1 is 1.09 bits per heavy atom. The first-order valence-corrected chi connectivity index (χ1v) is 16.7. The van der Waals surface area contributed by atoms with Crippen LogP contribution in [0, 0.1) is 11.6 Å². The van der Waals surface area contributed by atoms with E-state index in [0.717, 1.165) is 61.4 Å². The molecule has 46 heavy (non-hydrogen) atoms. The molecular weight excluding hydrogens is 591 g/mol. The SMILES string of the molecule is C[C@]12CC[C@H](CN(c3nc(OCC45CCCN4C[C@H](F)C5)nc4c(F)c(-c5cc(O)cc6cccc(C7CC7)c56)c(F)cc34)C1)N2. The number of phenolic OH excluding ortho intramolecular Hbond substituents is 1. The third-order valence-corrected chi connectivity index (χ3v) is 11.2. The van der Waals surface area contributed by atoms with Crippen LogP contribution in [0.5, 0.6) is 11.8 Å². The first-order chi connectivity index (χ1) is 22.2. The maximum Gasteiger partial charge on any atom is 0.319 e. The number of piperazine rings is 1. The summed E-state index contributed by atoms with van der Waals surface area (Å²) in [7, 11) is 0. The van der Waals surface area contributed by atoms with Gasteiger partial charge in [0.1, 0.15) is 35.7 Å². The second-order valence-electron chi connectivity index (χ2n) is 14.7. The van der Waals surface area contributed by atoms with E-state index in [-0.39, 0.29) is 46.4 Å². The Bertz CT molecular complexity index is 1900. The highest BCUT2D eigenvalue weighted by atomic mass is 19.1. The molecule has 5 heterocycles. The van der Waals surface area contributed by atoms with E-state index in [2.05, 4.69) is 27.0 Å². The monoisotopic (exact) mass is 629 g/mol. The van der Waals surface area contributed by atoms with Crippen molar-refractivity contribution < 1.29 is 23.0 Å². The standard InChI is InChI=1S/C36H38F3N5O2/c1-35-10-8-23(42-35)17-43(18-35)33-27-14-28(38)30(26-13-24(45)12-21-4-2-5-25(29(21)26)20-6-7-20)31(39)32(27)40-34(41-33)46-19-36-9-3-11-44(36)16-22(37)15-36/h2,4-5,12-14,20,22-23,42,45H,3,6-11,15-19H2,1H3/t22-,23-,35+,36?/m1/s1. The van der Waals surface area contributed by atoms with Crippen LogP contribution >= 0.6 is 0 Å². The van der Waals surface area contributed by atoms with Gasteiger partial charge in [0.15, 0.2) is 5.82 Å². The summed E-state index contributed by atoms with van der Waals surface area (Å²) in [5, 5.41) is 16.1. The number of ether oxygens (including phenoxy) is 1. The van der Waals surface area contributed by atoms with Crippen LogP contribution < -0.4 is 15.0 Å². The van der Waals surface area contributed by atoms with E-state index in [1.165, 1.54) is 12.1 Å². The van der Waals surface area contributed by atoms with E-state index in [0.29, 0.717) is 43.4 Å². The number of hydrogen-bond donors (Lipinski definition) is 2. The van der Waals surface area contributed by atoms with Crippen molar-refractivity contribution in [3.63, 3.8) is 0 Å². The van der Waals surface area contributed by atoms with Crippen LogP contribution in [0.3, 0.4) is 0 Å². The lowest BCUT2D eigenvalue weighted by molar-refractivity contribution is 0.107. The Hall–Kier alpha value is -3.63. The molecule has 9 rings (SSSR count). The molecule has 4 aromatic rings. The second-order valence-corrected chi connectivity index (χ2v) is 14.7. The maximum absolute atomic E-state index is 17.0. The predicted octanol–water partition coefficient (Wildman–Crippen LogP) is 6.60. The highest BCUT2D eigenvalue weighted by Gasteiger charge is 2.49. The van der Waals surface area contributed by atoms with Crippen molar-refractivity contribution in [1.82, 2.24) is 20.2 Å². The molecule has 1 aromatic heterocycles. The molecule has 1 aliphatic carbocycles. The number of fused-ring (bicyclic) bond motifs is 5. The molecule has 1 unspecified atom stereocenters. The number of nitrogens with one attached hydrogen (secondary N) is 1. The van der Waals surface area contributed by atoms with E-state index >= 15 is 8.78 Å². The van der Waals surface area contributed by atoms with E-state index in [4.69, 9.17) is 9.72 Å². The van der Waals surface area contributed by atoms with Gasteiger partial charge in [-0.1, -0.05) is 18.2 Å². The molecule has 3 aromatic carbocycles. The molecule has 4 atom stereocenters. The van der Waals surface area contributed by atoms with Gasteiger partial charge in [-0.2, -0.15) is 9.97 Å². The summed E-state index contributed by atoms with van der Waals surface area (Å²) in [5.41, 5.74) is 0.536. The lowest BCUT2D eigenvalue weighted by Crippen LogP contribution is -2.58. The van der Waals surface area contributed by atoms with Crippen molar-refractivity contribution in [2.24, 2.45) is 0 Å². The van der Waals surface area contributed by atoms with Gasteiger partial charge in [0.25, 0.3) is 0 Å². The van der Waals surface area contributed by atoms with Crippen molar-refractivity contribution in [2.45, 2.75) is 81.1 Å². The average molecular weight is 630 g/mol. The summed E-state index contributed by atoms with van der Waals surface area (Å²) in [4.78, 5) is 13.7. The minimum absolute atomic E-state index is 0.0120. The van der Waals surface area contributed by atoms with Gasteiger partial charge < -0.3 is 20.1 Å². The molecule has 2 bridgehead atoms. The van der Waals surface area contributed by atoms with Crippen molar-refractivity contribution in [3.8, 4) is 22.9 Å². The van der Waals surface area contributed by atoms with Crippen LogP contribution in [0.15, 0.2) is 36.4 Å². The van der Waals surface area contributed by atoms with Gasteiger partial charge in [-0.3, -0.25) is 4.90 Å². The van der Waals surface area contributed by atoms with Gasteiger partial charge in [0, 0.05) is 43.0 Å². The number of anilines is 1. The lowest BCUT2D eigenvalue weighted by atomic mass is 9.91. The Balaban J connectivity index is 1.21. The Labute approximate surface area is 265 Å². The van der Waals surface area contributed by atoms with Crippen LogP contribution in [0.25, 0.3) is 32.8 Å². The fourth-order valence-corrected chi connectivity index (χ4v) is 9.04. The van der Waals surface area contributed by atoms with Crippen LogP contribution in [-0.4, -0.2) is 76.1 Å². The van der Waals surface area contributed by atoms with Crippen molar-refractivity contribution >= 4 is 27.5 Å². The number of alkyl halides is 1. The molecule has 1 saturated carbocycles. The molecule has 4 saturated heterocycles. The molecular formula is C36H38F3N5O2. The third kappa shape index (κ3) is 4.54. The average Bonchev–Trinajstić information content (AvgIpc) is 3.65. The number of aromatic nitrogens is 2. The molecule has 0 spiro atoms. The predicted molar refractivity (Wildman–Crippen MR) is 171 cm³/mol. The zero-order chi connectivity index (χ0) is 31.4. The van der Waals surface area contributed by atoms with Gasteiger partial charge in [-0.15, -0.1) is 0 Å². The van der Waals surface area contributed by atoms with Gasteiger partial charge in [-0.25, -0.2) is 13.2 Å². The lowest BCUT2D eigenvalue weighted by Gasteiger charge is -2.40. The first-order valence-electron chi connectivity index (χ1n) is 16.7. The van der Waals surface area contributed by atoms with Crippen LogP contribution in [0.2, 0.25) is 0 Å². The molecule has 0 radical (unpaired) electrons. The zero-order valence-electron chi connectivity index (χ0n) is 26.0. The van der Waals surface area contributed by atoms with Crippen LogP contribution in [-0.2, 0) is 0 Å². The molecule has 5 aliphatic rings. The summed E-state index contributed by atoms with van der Waals surface area (Å²) in [6, 6.07) is 10.5. The maximum atomic E-state index is 17.0. The summed E-state index contributed by atoms with van der Waals surface area (Å²) < 4.78 is 54.3. The Morgan fingerprint density at radius 3 is 2.78 bits per heavy atom. The van der Waals surface area contributed by atoms with E-state index in [1.807, 2.05) is 18.2 Å². The summed E-state index contributed by atoms with van der Waals surface area (Å²) in [6.45, 7) is 4.87. The molecule has 10 heteroatoms. The second kappa shape index (κ2) is 10.2. The van der Waals surface area contributed by atoms with E-state index < -0.39 is 23.3 Å². The van der Waals surface area contributed by atoms with E-state index in [1.54, 1.807) is 6.07 Å². The molecule has 5 fully saturated rings. The first kappa shape index (κ1) is 28.6. The highest BCUT2D eigenvalue weighted by Crippen LogP contribution is 2.48. The smallest absolute Gasteiger partial charge is 0.319 e. The Kier molecular flexibility index (Phi) is 6.33. The zero-order valence-corrected chi connectivity index (χ0v) is 26.0. The quantitative estimate of drug-likeness (QED) is 0.249. The number of benzene rings is 3. The van der Waals surface area contributed by atoms with Gasteiger partial charge in [-0.05, 0) is 98.0 Å². The molecule has 0 amide bonds. The number of halogens is 3. The molecule has 2 N–H and O–H groups in total. The van der Waals surface area contributed by atoms with Crippen molar-refractivity contribution in [3.05, 3.63) is 53.6 Å². The fraction of sp³-hybridized carbons (Fsp3) is 0.500. The van der Waals surface area contributed by atoms with E-state index in [9.17, 15) is 9.50 Å². The minimum Gasteiger partial charge on any atom is -0.508 e. The minimum atomic E-state index is -0.908. The Morgan fingerprint density at radius 2 is 1.96 bits per heavy atom.